The quantitative estimate of drug-likeness (QED) is 0.234. The summed E-state index contributed by atoms with van der Waals surface area (Å²) in [5.74, 6) is 0.839. The third kappa shape index (κ3) is 5.55. The minimum absolute atomic E-state index is 0.0300. The molecule has 2 aliphatic heterocycles. The number of aryl methyl sites for hydroxylation is 1. The van der Waals surface area contributed by atoms with Crippen LogP contribution in [0.3, 0.4) is 0 Å². The van der Waals surface area contributed by atoms with Crippen molar-refractivity contribution in [3.05, 3.63) is 82.9 Å². The van der Waals surface area contributed by atoms with Crippen molar-refractivity contribution in [3.8, 4) is 16.2 Å². The number of carbonyl (C=O) groups is 2. The van der Waals surface area contributed by atoms with Crippen molar-refractivity contribution in [1.29, 1.82) is 0 Å². The van der Waals surface area contributed by atoms with E-state index in [1.807, 2.05) is 18.2 Å². The highest BCUT2D eigenvalue weighted by molar-refractivity contribution is 7.22. The number of amides is 2. The summed E-state index contributed by atoms with van der Waals surface area (Å²) >= 11 is 1.78. The van der Waals surface area contributed by atoms with Crippen molar-refractivity contribution >= 4 is 38.9 Å². The Morgan fingerprint density at radius 2 is 1.81 bits per heavy atom. The van der Waals surface area contributed by atoms with Crippen molar-refractivity contribution < 1.29 is 14.3 Å². The molecule has 7 heteroatoms. The third-order valence-electron chi connectivity index (χ3n) is 9.01. The Kier molecular flexibility index (Phi) is 8.06. The number of rotatable bonds is 8. The molecule has 42 heavy (non-hydrogen) atoms. The molecule has 0 bridgehead atoms. The van der Waals surface area contributed by atoms with Gasteiger partial charge in [-0.25, -0.2) is 0 Å². The van der Waals surface area contributed by atoms with Gasteiger partial charge in [0.1, 0.15) is 11.8 Å². The monoisotopic (exact) mass is 581 g/mol. The molecule has 1 aromatic heterocycles. The molecule has 218 valence electrons. The molecule has 0 N–H and O–H groups in total. The van der Waals surface area contributed by atoms with E-state index in [2.05, 4.69) is 54.3 Å². The average molecular weight is 582 g/mol. The average Bonchev–Trinajstić information content (AvgIpc) is 3.73. The number of fused-ring (bicyclic) bond motifs is 1. The summed E-state index contributed by atoms with van der Waals surface area (Å²) in [7, 11) is 5.22. The topological polar surface area (TPSA) is 53.1 Å². The van der Waals surface area contributed by atoms with Crippen molar-refractivity contribution in [2.45, 2.75) is 51.6 Å². The van der Waals surface area contributed by atoms with Gasteiger partial charge >= 0.3 is 0 Å². The van der Waals surface area contributed by atoms with Crippen molar-refractivity contribution in [3.63, 3.8) is 0 Å². The number of nitrogens with zero attached hydrogens (tertiary/aromatic N) is 3. The van der Waals surface area contributed by atoms with Crippen LogP contribution in [0.25, 0.3) is 20.5 Å². The van der Waals surface area contributed by atoms with Gasteiger partial charge in [0.05, 0.1) is 7.11 Å². The number of likely N-dealkylation sites (tertiary alicyclic amines) is 2. The zero-order valence-electron chi connectivity index (χ0n) is 25.0. The molecule has 0 radical (unpaired) electrons. The van der Waals surface area contributed by atoms with E-state index >= 15 is 0 Å². The first kappa shape index (κ1) is 28.4. The summed E-state index contributed by atoms with van der Waals surface area (Å²) in [5.41, 5.74) is 7.35. The largest absolute Gasteiger partial charge is 0.497 e. The molecule has 3 aromatic carbocycles. The number of hydrogen-bond acceptors (Lipinski definition) is 5. The van der Waals surface area contributed by atoms with Gasteiger partial charge in [0.25, 0.3) is 0 Å². The molecule has 6 nitrogen and oxygen atoms in total. The van der Waals surface area contributed by atoms with Gasteiger partial charge in [-0.2, -0.15) is 0 Å². The highest BCUT2D eigenvalue weighted by Crippen LogP contribution is 2.42. The lowest BCUT2D eigenvalue weighted by Crippen LogP contribution is -2.43. The summed E-state index contributed by atoms with van der Waals surface area (Å²) < 4.78 is 6.74. The van der Waals surface area contributed by atoms with Gasteiger partial charge < -0.3 is 14.5 Å². The summed E-state index contributed by atoms with van der Waals surface area (Å²) in [6.07, 6.45) is 4.46. The van der Waals surface area contributed by atoms with Crippen molar-refractivity contribution in [1.82, 2.24) is 9.80 Å². The SMILES string of the molecule is COc1ccc2c(Cc3ccc(CN4CCCC4)c(C)c3)c(-c3ccc(N(C)C(=O)C4CCC(=O)N4C)cc3)sc2c1. The Bertz CT molecular complexity index is 1620. The number of anilines is 1. The maximum Gasteiger partial charge on any atom is 0.249 e. The van der Waals surface area contributed by atoms with Crippen LogP contribution in [0.4, 0.5) is 5.69 Å². The minimum Gasteiger partial charge on any atom is -0.497 e. The normalized spacial score (nSPS) is 17.4. The Hall–Kier alpha value is -3.68. The van der Waals surface area contributed by atoms with E-state index in [0.717, 1.165) is 30.0 Å². The molecule has 2 saturated heterocycles. The Balaban J connectivity index is 1.29. The second kappa shape index (κ2) is 11.9. The molecule has 1 atom stereocenters. The summed E-state index contributed by atoms with van der Waals surface area (Å²) in [6, 6.07) is 21.2. The number of carbonyl (C=O) groups excluding carboxylic acids is 2. The van der Waals surface area contributed by atoms with Crippen LogP contribution in [0.15, 0.2) is 60.7 Å². The molecule has 2 amide bonds. The minimum atomic E-state index is -0.392. The van der Waals surface area contributed by atoms with Gasteiger partial charge in [-0.3, -0.25) is 14.5 Å². The third-order valence-corrected chi connectivity index (χ3v) is 10.2. The predicted molar refractivity (Wildman–Crippen MR) is 172 cm³/mol. The molecule has 0 saturated carbocycles. The van der Waals surface area contributed by atoms with E-state index < -0.39 is 6.04 Å². The maximum atomic E-state index is 13.2. The molecule has 2 aliphatic rings. The molecule has 3 heterocycles. The number of benzene rings is 3. The maximum absolute atomic E-state index is 13.2. The molecular weight excluding hydrogens is 542 g/mol. The van der Waals surface area contributed by atoms with E-state index in [1.54, 1.807) is 42.3 Å². The molecule has 0 aliphatic carbocycles. The van der Waals surface area contributed by atoms with Crippen LogP contribution in [0.2, 0.25) is 0 Å². The second-order valence-corrected chi connectivity index (χ2v) is 12.7. The van der Waals surface area contributed by atoms with Gasteiger partial charge in [-0.15, -0.1) is 11.3 Å². The Morgan fingerprint density at radius 3 is 2.48 bits per heavy atom. The molecule has 4 aromatic rings. The predicted octanol–water partition coefficient (Wildman–Crippen LogP) is 6.66. The van der Waals surface area contributed by atoms with E-state index in [1.165, 1.54) is 63.1 Å². The Morgan fingerprint density at radius 1 is 1.05 bits per heavy atom. The fourth-order valence-corrected chi connectivity index (χ4v) is 7.63. The first-order valence-electron chi connectivity index (χ1n) is 14.9. The van der Waals surface area contributed by atoms with E-state index in [0.29, 0.717) is 12.8 Å². The van der Waals surface area contributed by atoms with Crippen LogP contribution >= 0.6 is 11.3 Å². The van der Waals surface area contributed by atoms with Crippen molar-refractivity contribution in [2.24, 2.45) is 0 Å². The first-order valence-corrected chi connectivity index (χ1v) is 15.7. The molecular formula is C35H39N3O3S. The lowest BCUT2D eigenvalue weighted by molar-refractivity contribution is -0.132. The molecule has 6 rings (SSSR count). The highest BCUT2D eigenvalue weighted by Gasteiger charge is 2.35. The number of thiophene rings is 1. The lowest BCUT2D eigenvalue weighted by atomic mass is 9.96. The fourth-order valence-electron chi connectivity index (χ4n) is 6.38. The highest BCUT2D eigenvalue weighted by atomic mass is 32.1. The Labute approximate surface area is 252 Å². The molecule has 1 unspecified atom stereocenters. The van der Waals surface area contributed by atoms with Crippen LogP contribution in [0.5, 0.6) is 5.75 Å². The van der Waals surface area contributed by atoms with Gasteiger partial charge in [0, 0.05) is 42.3 Å². The summed E-state index contributed by atoms with van der Waals surface area (Å²) in [6.45, 7) is 5.68. The van der Waals surface area contributed by atoms with E-state index in [-0.39, 0.29) is 11.8 Å². The van der Waals surface area contributed by atoms with Crippen LogP contribution < -0.4 is 9.64 Å². The second-order valence-electron chi connectivity index (χ2n) is 11.7. The summed E-state index contributed by atoms with van der Waals surface area (Å²) in [4.78, 5) is 32.2. The smallest absolute Gasteiger partial charge is 0.249 e. The van der Waals surface area contributed by atoms with Gasteiger partial charge in [0.2, 0.25) is 11.8 Å². The lowest BCUT2D eigenvalue weighted by Gasteiger charge is -2.25. The zero-order valence-corrected chi connectivity index (χ0v) is 25.8. The number of ether oxygens (including phenoxy) is 1. The van der Waals surface area contributed by atoms with Gasteiger partial charge in [-0.1, -0.05) is 30.3 Å². The zero-order chi connectivity index (χ0) is 29.4. The van der Waals surface area contributed by atoms with E-state index in [9.17, 15) is 9.59 Å². The van der Waals surface area contributed by atoms with Crippen LogP contribution in [0.1, 0.15) is 47.9 Å². The number of methoxy groups -OCH3 is 1. The number of likely N-dealkylation sites (N-methyl/N-ethyl adjacent to an activating group) is 2. The standard InChI is InChI=1S/C35H39N3O3S/c1-23-19-24(7-8-26(23)22-38-17-5-6-18-38)20-30-29-14-13-28(41-4)21-32(29)42-34(30)25-9-11-27(12-10-25)36(2)35(40)31-15-16-33(39)37(31)3/h7-14,19,21,31H,5-6,15-18,20,22H2,1-4H3. The number of hydrogen-bond donors (Lipinski definition) is 0. The van der Waals surface area contributed by atoms with Crippen LogP contribution in [-0.2, 0) is 22.6 Å². The van der Waals surface area contributed by atoms with Gasteiger partial charge in [0.15, 0.2) is 0 Å². The fraction of sp³-hybridized carbons (Fsp3) is 0.371. The first-order chi connectivity index (χ1) is 20.3. The van der Waals surface area contributed by atoms with Gasteiger partial charge in [-0.05, 0) is 109 Å². The van der Waals surface area contributed by atoms with Crippen LogP contribution in [-0.4, -0.2) is 62.0 Å². The molecule has 0 spiro atoms. The molecule has 2 fully saturated rings. The van der Waals surface area contributed by atoms with E-state index in [4.69, 9.17) is 4.74 Å². The van der Waals surface area contributed by atoms with Crippen LogP contribution in [0, 0.1) is 6.92 Å². The summed E-state index contributed by atoms with van der Waals surface area (Å²) in [5, 5.41) is 1.25. The van der Waals surface area contributed by atoms with Crippen molar-refractivity contribution in [2.75, 3.05) is 39.2 Å².